The van der Waals surface area contributed by atoms with E-state index in [9.17, 15) is 22.4 Å². The predicted molar refractivity (Wildman–Crippen MR) is 121 cm³/mol. The molecule has 4 rings (SSSR count). The normalized spacial score (nSPS) is 12.5. The Labute approximate surface area is 192 Å². The van der Waals surface area contributed by atoms with E-state index in [1.807, 2.05) is 0 Å². The van der Waals surface area contributed by atoms with Gasteiger partial charge in [-0.25, -0.2) is 4.39 Å². The SMILES string of the molecule is Cl.O=C(Nc1cc(F)cc(-c2cccnc2)c1)SCc1cc2c(cc1C(F)(F)F)NCC2. The maximum Gasteiger partial charge on any atom is 0.416 e. The number of nitrogens with zero attached hydrogens (tertiary/aromatic N) is 1. The van der Waals surface area contributed by atoms with Crippen LogP contribution in [0.2, 0.25) is 0 Å². The van der Waals surface area contributed by atoms with Crippen LogP contribution in [0.25, 0.3) is 11.1 Å². The number of thioether (sulfide) groups is 1. The molecule has 10 heteroatoms. The lowest BCUT2D eigenvalue weighted by Gasteiger charge is -2.15. The van der Waals surface area contributed by atoms with Crippen LogP contribution in [-0.2, 0) is 18.3 Å². The van der Waals surface area contributed by atoms with Crippen molar-refractivity contribution in [3.8, 4) is 11.1 Å². The van der Waals surface area contributed by atoms with Crippen molar-refractivity contribution >= 4 is 40.8 Å². The molecule has 1 aliphatic rings. The van der Waals surface area contributed by atoms with Crippen molar-refractivity contribution < 1.29 is 22.4 Å². The first kappa shape index (κ1) is 23.9. The molecular formula is C22H18ClF4N3OS. The van der Waals surface area contributed by atoms with Crippen LogP contribution in [0.3, 0.4) is 0 Å². The van der Waals surface area contributed by atoms with Gasteiger partial charge in [0.2, 0.25) is 0 Å². The number of carbonyl (C=O) groups is 1. The van der Waals surface area contributed by atoms with E-state index in [4.69, 9.17) is 0 Å². The van der Waals surface area contributed by atoms with Gasteiger partial charge in [-0.2, -0.15) is 13.2 Å². The lowest BCUT2D eigenvalue weighted by molar-refractivity contribution is -0.138. The van der Waals surface area contributed by atoms with E-state index >= 15 is 0 Å². The minimum Gasteiger partial charge on any atom is -0.384 e. The maximum absolute atomic E-state index is 14.0. The van der Waals surface area contributed by atoms with Crippen molar-refractivity contribution in [1.29, 1.82) is 0 Å². The van der Waals surface area contributed by atoms with Gasteiger partial charge in [-0.15, -0.1) is 12.4 Å². The highest BCUT2D eigenvalue weighted by molar-refractivity contribution is 8.13. The smallest absolute Gasteiger partial charge is 0.384 e. The number of aromatic nitrogens is 1. The summed E-state index contributed by atoms with van der Waals surface area (Å²) >= 11 is 0.702. The van der Waals surface area contributed by atoms with Gasteiger partial charge in [0.1, 0.15) is 5.82 Å². The van der Waals surface area contributed by atoms with E-state index < -0.39 is 22.8 Å². The number of rotatable bonds is 4. The van der Waals surface area contributed by atoms with Crippen molar-refractivity contribution in [2.45, 2.75) is 18.3 Å². The molecule has 2 heterocycles. The number of alkyl halides is 3. The zero-order valence-electron chi connectivity index (χ0n) is 16.5. The van der Waals surface area contributed by atoms with Crippen molar-refractivity contribution in [1.82, 2.24) is 4.98 Å². The van der Waals surface area contributed by atoms with E-state index in [2.05, 4.69) is 15.6 Å². The Morgan fingerprint density at radius 3 is 2.69 bits per heavy atom. The molecule has 168 valence electrons. The largest absolute Gasteiger partial charge is 0.416 e. The molecule has 1 aromatic heterocycles. The summed E-state index contributed by atoms with van der Waals surface area (Å²) in [4.78, 5) is 16.3. The fourth-order valence-corrected chi connectivity index (χ4v) is 4.16. The van der Waals surface area contributed by atoms with Gasteiger partial charge < -0.3 is 10.6 Å². The number of halogens is 5. The molecule has 0 bridgehead atoms. The van der Waals surface area contributed by atoms with Crippen molar-refractivity contribution in [2.75, 3.05) is 17.2 Å². The number of carbonyl (C=O) groups excluding carboxylic acids is 1. The highest BCUT2D eigenvalue weighted by atomic mass is 35.5. The van der Waals surface area contributed by atoms with Crippen LogP contribution in [0.1, 0.15) is 16.7 Å². The second-order valence-electron chi connectivity index (χ2n) is 7.01. The highest BCUT2D eigenvalue weighted by Gasteiger charge is 2.35. The number of amides is 1. The van der Waals surface area contributed by atoms with Gasteiger partial charge in [0.05, 0.1) is 5.56 Å². The van der Waals surface area contributed by atoms with Crippen molar-refractivity contribution in [3.63, 3.8) is 0 Å². The molecule has 32 heavy (non-hydrogen) atoms. The monoisotopic (exact) mass is 483 g/mol. The number of benzene rings is 2. The van der Waals surface area contributed by atoms with Crippen LogP contribution in [0.15, 0.2) is 54.9 Å². The number of nitrogens with one attached hydrogen (secondary N) is 2. The van der Waals surface area contributed by atoms with Crippen LogP contribution < -0.4 is 10.6 Å². The highest BCUT2D eigenvalue weighted by Crippen LogP contribution is 2.38. The summed E-state index contributed by atoms with van der Waals surface area (Å²) in [6.45, 7) is 0.586. The van der Waals surface area contributed by atoms with Gasteiger partial charge >= 0.3 is 6.18 Å². The molecule has 0 atom stereocenters. The van der Waals surface area contributed by atoms with Gasteiger partial charge in [-0.1, -0.05) is 23.9 Å². The Morgan fingerprint density at radius 1 is 1.16 bits per heavy atom. The summed E-state index contributed by atoms with van der Waals surface area (Å²) in [5.74, 6) is -0.703. The van der Waals surface area contributed by atoms with Crippen LogP contribution in [-0.4, -0.2) is 16.8 Å². The molecule has 1 amide bonds. The lowest BCUT2D eigenvalue weighted by Crippen LogP contribution is -2.11. The standard InChI is InChI=1S/C22H17F4N3OS.ClH/c23-17-7-15(14-2-1-4-27-11-14)8-18(9-17)29-21(30)31-12-16-6-13-3-5-28-20(13)10-19(16)22(24,25)26;/h1-2,4,6-11,28H,3,5,12H2,(H,29,30);1H. The average molecular weight is 484 g/mol. The fraction of sp³-hybridized carbons (Fsp3) is 0.182. The summed E-state index contributed by atoms with van der Waals surface area (Å²) < 4.78 is 54.4. The van der Waals surface area contributed by atoms with Crippen LogP contribution >= 0.6 is 24.2 Å². The van der Waals surface area contributed by atoms with Crippen molar-refractivity contribution in [3.05, 3.63) is 77.4 Å². The first-order chi connectivity index (χ1) is 14.8. The quantitative estimate of drug-likeness (QED) is 0.402. The molecule has 4 nitrogen and oxygen atoms in total. The summed E-state index contributed by atoms with van der Waals surface area (Å²) in [5.41, 5.74) is 1.98. The maximum atomic E-state index is 14.0. The minimum absolute atomic E-state index is 0. The molecule has 0 saturated carbocycles. The van der Waals surface area contributed by atoms with E-state index in [0.717, 1.165) is 17.7 Å². The van der Waals surface area contributed by atoms with E-state index in [0.29, 0.717) is 41.5 Å². The third-order valence-electron chi connectivity index (χ3n) is 4.84. The zero-order valence-corrected chi connectivity index (χ0v) is 18.1. The third-order valence-corrected chi connectivity index (χ3v) is 5.66. The molecule has 0 radical (unpaired) electrons. The van der Waals surface area contributed by atoms with Crippen molar-refractivity contribution in [2.24, 2.45) is 0 Å². The second-order valence-corrected chi connectivity index (χ2v) is 7.96. The Kier molecular flexibility index (Phi) is 7.30. The van der Waals surface area contributed by atoms with Crippen LogP contribution in [0.5, 0.6) is 0 Å². The Morgan fingerprint density at radius 2 is 1.97 bits per heavy atom. The van der Waals surface area contributed by atoms with Crippen LogP contribution in [0.4, 0.5) is 33.7 Å². The first-order valence-corrected chi connectivity index (χ1v) is 10.4. The lowest BCUT2D eigenvalue weighted by atomic mass is 10.0. The summed E-state index contributed by atoms with van der Waals surface area (Å²) in [7, 11) is 0. The molecule has 0 fully saturated rings. The van der Waals surface area contributed by atoms with Gasteiger partial charge in [-0.05, 0) is 53.4 Å². The molecule has 3 aromatic rings. The second kappa shape index (κ2) is 9.79. The fourth-order valence-electron chi connectivity index (χ4n) is 3.44. The Balaban J connectivity index is 0.00000289. The van der Waals surface area contributed by atoms with Crippen LogP contribution in [0, 0.1) is 5.82 Å². The molecule has 0 unspecified atom stereocenters. The summed E-state index contributed by atoms with van der Waals surface area (Å²) in [5, 5.41) is 4.90. The number of pyridine rings is 1. The third kappa shape index (κ3) is 5.52. The number of fused-ring (bicyclic) bond motifs is 1. The van der Waals surface area contributed by atoms with Gasteiger partial charge in [0.25, 0.3) is 5.24 Å². The topological polar surface area (TPSA) is 54.0 Å². The molecule has 0 spiro atoms. The number of anilines is 2. The predicted octanol–water partition coefficient (Wildman–Crippen LogP) is 6.76. The van der Waals surface area contributed by atoms with E-state index in [-0.39, 0.29) is 29.4 Å². The summed E-state index contributed by atoms with van der Waals surface area (Å²) in [6, 6.07) is 10.1. The molecule has 2 aromatic carbocycles. The summed E-state index contributed by atoms with van der Waals surface area (Å²) in [6.07, 6.45) is -0.729. The Bertz CT molecular complexity index is 1130. The van der Waals surface area contributed by atoms with Gasteiger partial charge in [0, 0.05) is 41.6 Å². The first-order valence-electron chi connectivity index (χ1n) is 9.41. The minimum atomic E-state index is -4.52. The average Bonchev–Trinajstić information content (AvgIpc) is 3.19. The molecular weight excluding hydrogens is 466 g/mol. The van der Waals surface area contributed by atoms with Gasteiger partial charge in [0.15, 0.2) is 0 Å². The molecule has 0 aliphatic carbocycles. The number of hydrogen-bond acceptors (Lipinski definition) is 4. The van der Waals surface area contributed by atoms with E-state index in [1.165, 1.54) is 12.1 Å². The molecule has 0 saturated heterocycles. The number of hydrogen-bond donors (Lipinski definition) is 2. The van der Waals surface area contributed by atoms with E-state index in [1.54, 1.807) is 30.6 Å². The molecule has 1 aliphatic heterocycles. The Hall–Kier alpha value is -2.78. The van der Waals surface area contributed by atoms with Gasteiger partial charge in [-0.3, -0.25) is 9.78 Å². The zero-order chi connectivity index (χ0) is 22.0. The molecule has 2 N–H and O–H groups in total.